The molecule has 0 fully saturated rings. The molecule has 0 N–H and O–H groups in total. The van der Waals surface area contributed by atoms with Gasteiger partial charge >= 0.3 is 0 Å². The van der Waals surface area contributed by atoms with Gasteiger partial charge in [-0.1, -0.05) is 24.3 Å². The Labute approximate surface area is 105 Å². The van der Waals surface area contributed by atoms with Crippen molar-refractivity contribution >= 4 is 5.78 Å². The van der Waals surface area contributed by atoms with E-state index in [1.807, 2.05) is 0 Å². The number of para-hydroxylation sites is 1. The van der Waals surface area contributed by atoms with E-state index in [0.29, 0.717) is 16.9 Å². The number of aryl methyl sites for hydroxylation is 1. The average Bonchev–Trinajstić information content (AvgIpc) is 2.35. The van der Waals surface area contributed by atoms with Gasteiger partial charge < -0.3 is 4.74 Å². The van der Waals surface area contributed by atoms with Gasteiger partial charge in [-0.05, 0) is 37.6 Å². The Bertz CT molecular complexity index is 591. The zero-order valence-corrected chi connectivity index (χ0v) is 10.2. The number of carbonyl (C=O) groups is 1. The number of rotatable bonds is 3. The monoisotopic (exact) mass is 244 g/mol. The summed E-state index contributed by atoms with van der Waals surface area (Å²) in [5.41, 5.74) is 0.950. The second kappa shape index (κ2) is 5.00. The first kappa shape index (κ1) is 12.3. The molecule has 2 rings (SSSR count). The van der Waals surface area contributed by atoms with Crippen LogP contribution in [-0.4, -0.2) is 5.78 Å². The van der Waals surface area contributed by atoms with Crippen LogP contribution < -0.4 is 4.74 Å². The Morgan fingerprint density at radius 2 is 1.72 bits per heavy atom. The zero-order valence-electron chi connectivity index (χ0n) is 10.2. The molecule has 0 aliphatic heterocycles. The third kappa shape index (κ3) is 2.40. The summed E-state index contributed by atoms with van der Waals surface area (Å²) in [5.74, 6) is -0.0206. The first-order chi connectivity index (χ1) is 8.59. The van der Waals surface area contributed by atoms with Crippen LogP contribution in [0.15, 0.2) is 42.5 Å². The van der Waals surface area contributed by atoms with Crippen LogP contribution in [0.4, 0.5) is 4.39 Å². The van der Waals surface area contributed by atoms with Gasteiger partial charge in [0.15, 0.2) is 17.3 Å². The third-order valence-corrected chi connectivity index (χ3v) is 2.64. The molecule has 0 bridgehead atoms. The van der Waals surface area contributed by atoms with E-state index in [9.17, 15) is 9.18 Å². The van der Waals surface area contributed by atoms with Gasteiger partial charge in [-0.2, -0.15) is 0 Å². The fraction of sp³-hybridized carbons (Fsp3) is 0.133. The van der Waals surface area contributed by atoms with Crippen molar-refractivity contribution in [2.24, 2.45) is 0 Å². The molecule has 0 aromatic heterocycles. The van der Waals surface area contributed by atoms with Crippen LogP contribution in [0.5, 0.6) is 11.5 Å². The van der Waals surface area contributed by atoms with E-state index in [4.69, 9.17) is 4.74 Å². The topological polar surface area (TPSA) is 26.3 Å². The summed E-state index contributed by atoms with van der Waals surface area (Å²) in [4.78, 5) is 11.4. The minimum absolute atomic E-state index is 0.112. The molecular weight excluding hydrogens is 231 g/mol. The van der Waals surface area contributed by atoms with Gasteiger partial charge in [0.1, 0.15) is 5.75 Å². The smallest absolute Gasteiger partial charge is 0.168 e. The largest absolute Gasteiger partial charge is 0.454 e. The Morgan fingerprint density at radius 3 is 2.44 bits per heavy atom. The lowest BCUT2D eigenvalue weighted by Crippen LogP contribution is -1.98. The Balaban J connectivity index is 2.40. The normalized spacial score (nSPS) is 10.2. The quantitative estimate of drug-likeness (QED) is 0.759. The van der Waals surface area contributed by atoms with Crippen molar-refractivity contribution in [3.05, 3.63) is 59.4 Å². The molecule has 0 unspecified atom stereocenters. The summed E-state index contributed by atoms with van der Waals surface area (Å²) in [6.45, 7) is 3.12. The van der Waals surface area contributed by atoms with Gasteiger partial charge in [0.25, 0.3) is 0 Å². The van der Waals surface area contributed by atoms with Gasteiger partial charge in [-0.15, -0.1) is 0 Å². The van der Waals surface area contributed by atoms with Crippen molar-refractivity contribution in [3.63, 3.8) is 0 Å². The van der Waals surface area contributed by atoms with Crippen LogP contribution in [0.1, 0.15) is 22.8 Å². The SMILES string of the molecule is CC(=O)c1ccccc1Oc1cccc(C)c1F. The molecule has 18 heavy (non-hydrogen) atoms. The van der Waals surface area contributed by atoms with Crippen LogP contribution in [-0.2, 0) is 0 Å². The minimum Gasteiger partial charge on any atom is -0.454 e. The van der Waals surface area contributed by atoms with E-state index in [1.165, 1.54) is 6.92 Å². The number of benzene rings is 2. The molecule has 0 radical (unpaired) electrons. The minimum atomic E-state index is -0.407. The number of hydrogen-bond acceptors (Lipinski definition) is 2. The van der Waals surface area contributed by atoms with Crippen molar-refractivity contribution < 1.29 is 13.9 Å². The van der Waals surface area contributed by atoms with E-state index in [2.05, 4.69) is 0 Å². The van der Waals surface area contributed by atoms with Gasteiger partial charge in [-0.3, -0.25) is 4.79 Å². The molecule has 0 atom stereocenters. The lowest BCUT2D eigenvalue weighted by atomic mass is 10.1. The van der Waals surface area contributed by atoms with Gasteiger partial charge in [0.2, 0.25) is 0 Å². The number of carbonyl (C=O) groups excluding carboxylic acids is 1. The molecule has 0 aliphatic carbocycles. The summed E-state index contributed by atoms with van der Waals surface area (Å²) in [7, 11) is 0. The highest BCUT2D eigenvalue weighted by Gasteiger charge is 2.11. The maximum absolute atomic E-state index is 13.8. The summed E-state index contributed by atoms with van der Waals surface area (Å²) >= 11 is 0. The lowest BCUT2D eigenvalue weighted by Gasteiger charge is -2.10. The Hall–Kier alpha value is -2.16. The summed E-state index contributed by atoms with van der Waals surface area (Å²) < 4.78 is 19.3. The Kier molecular flexibility index (Phi) is 3.42. The predicted octanol–water partition coefficient (Wildman–Crippen LogP) is 4.13. The fourth-order valence-electron chi connectivity index (χ4n) is 1.66. The highest BCUT2D eigenvalue weighted by molar-refractivity contribution is 5.96. The van der Waals surface area contributed by atoms with E-state index < -0.39 is 5.82 Å². The zero-order chi connectivity index (χ0) is 13.1. The number of halogens is 1. The van der Waals surface area contributed by atoms with Crippen LogP contribution in [0.2, 0.25) is 0 Å². The predicted molar refractivity (Wildman–Crippen MR) is 67.7 cm³/mol. The summed E-state index contributed by atoms with van der Waals surface area (Å²) in [6.07, 6.45) is 0. The van der Waals surface area contributed by atoms with Crippen molar-refractivity contribution in [2.45, 2.75) is 13.8 Å². The van der Waals surface area contributed by atoms with E-state index >= 15 is 0 Å². The molecule has 0 amide bonds. The molecule has 0 saturated carbocycles. The molecule has 2 nitrogen and oxygen atoms in total. The number of hydrogen-bond donors (Lipinski definition) is 0. The van der Waals surface area contributed by atoms with Crippen LogP contribution in [0.3, 0.4) is 0 Å². The van der Waals surface area contributed by atoms with E-state index in [-0.39, 0.29) is 11.5 Å². The first-order valence-corrected chi connectivity index (χ1v) is 5.62. The van der Waals surface area contributed by atoms with Gasteiger partial charge in [0.05, 0.1) is 5.56 Å². The molecule has 3 heteroatoms. The third-order valence-electron chi connectivity index (χ3n) is 2.64. The van der Waals surface area contributed by atoms with Crippen LogP contribution in [0.25, 0.3) is 0 Å². The first-order valence-electron chi connectivity index (χ1n) is 5.62. The Morgan fingerprint density at radius 1 is 1.06 bits per heavy atom. The summed E-state index contributed by atoms with van der Waals surface area (Å²) in [5, 5.41) is 0. The molecule has 0 spiro atoms. The highest BCUT2D eigenvalue weighted by atomic mass is 19.1. The maximum Gasteiger partial charge on any atom is 0.168 e. The maximum atomic E-state index is 13.8. The molecule has 0 heterocycles. The molecule has 0 saturated heterocycles. The average molecular weight is 244 g/mol. The number of Topliss-reactive ketones (excluding diaryl/α,β-unsaturated/α-hetero) is 1. The number of ether oxygens (including phenoxy) is 1. The molecule has 0 aliphatic rings. The standard InChI is InChI=1S/C15H13FO2/c1-10-6-5-9-14(15(10)16)18-13-8-4-3-7-12(13)11(2)17/h3-9H,1-2H3. The van der Waals surface area contributed by atoms with Crippen molar-refractivity contribution in [2.75, 3.05) is 0 Å². The van der Waals surface area contributed by atoms with E-state index in [0.717, 1.165) is 0 Å². The molecule has 92 valence electrons. The molecule has 2 aromatic rings. The number of ketones is 1. The molecule has 2 aromatic carbocycles. The van der Waals surface area contributed by atoms with Crippen molar-refractivity contribution in [1.29, 1.82) is 0 Å². The van der Waals surface area contributed by atoms with Crippen molar-refractivity contribution in [1.82, 2.24) is 0 Å². The van der Waals surface area contributed by atoms with E-state index in [1.54, 1.807) is 49.4 Å². The molecular formula is C15H13FO2. The van der Waals surface area contributed by atoms with Crippen LogP contribution in [0, 0.1) is 12.7 Å². The highest BCUT2D eigenvalue weighted by Crippen LogP contribution is 2.28. The van der Waals surface area contributed by atoms with Crippen LogP contribution >= 0.6 is 0 Å². The summed E-state index contributed by atoms with van der Waals surface area (Å²) in [6, 6.07) is 11.7. The van der Waals surface area contributed by atoms with Gasteiger partial charge in [0, 0.05) is 0 Å². The van der Waals surface area contributed by atoms with Crippen molar-refractivity contribution in [3.8, 4) is 11.5 Å². The second-order valence-corrected chi connectivity index (χ2v) is 4.04. The lowest BCUT2D eigenvalue weighted by molar-refractivity contribution is 0.101. The second-order valence-electron chi connectivity index (χ2n) is 4.04. The fourth-order valence-corrected chi connectivity index (χ4v) is 1.66. The van der Waals surface area contributed by atoms with Gasteiger partial charge in [-0.25, -0.2) is 4.39 Å².